The Kier molecular flexibility index (Phi) is 4.70. The number of hydrogen-bond acceptors (Lipinski definition) is 1. The first-order valence-electron chi connectivity index (χ1n) is 5.09. The highest BCUT2D eigenvalue weighted by Gasteiger charge is 2.03. The van der Waals surface area contributed by atoms with Gasteiger partial charge in [0.2, 0.25) is 0 Å². The maximum atomic E-state index is 6.03. The molecule has 0 unspecified atom stereocenters. The lowest BCUT2D eigenvalue weighted by molar-refractivity contribution is 1.14. The van der Waals surface area contributed by atoms with Crippen LogP contribution in [0.2, 0.25) is 5.02 Å². The van der Waals surface area contributed by atoms with Crippen molar-refractivity contribution in [2.24, 2.45) is 0 Å². The van der Waals surface area contributed by atoms with Crippen LogP contribution in [0, 0.1) is 3.57 Å². The van der Waals surface area contributed by atoms with Crippen molar-refractivity contribution in [2.75, 3.05) is 5.32 Å². The van der Waals surface area contributed by atoms with Crippen LogP contribution in [0.1, 0.15) is 5.56 Å². The molecule has 0 spiro atoms. The molecule has 0 amide bonds. The van der Waals surface area contributed by atoms with Crippen molar-refractivity contribution in [3.05, 3.63) is 61.1 Å². The van der Waals surface area contributed by atoms with Gasteiger partial charge in [0.25, 0.3) is 0 Å². The first-order chi connectivity index (χ1) is 8.16. The molecular weight excluding hydrogens is 412 g/mol. The van der Waals surface area contributed by atoms with Crippen LogP contribution in [-0.2, 0) is 6.54 Å². The second kappa shape index (κ2) is 6.07. The summed E-state index contributed by atoms with van der Waals surface area (Å²) in [7, 11) is 0. The molecule has 0 aromatic heterocycles. The largest absolute Gasteiger partial charge is 0.380 e. The van der Waals surface area contributed by atoms with E-state index in [1.165, 1.54) is 9.13 Å². The lowest BCUT2D eigenvalue weighted by atomic mass is 10.2. The standard InChI is InChI=1S/C13H10BrClIN/c14-13-11(15)5-2-6-12(13)17-8-9-3-1-4-10(16)7-9/h1-7,17H,8H2. The summed E-state index contributed by atoms with van der Waals surface area (Å²) in [5, 5.41) is 4.08. The Morgan fingerprint density at radius 1 is 1.18 bits per heavy atom. The Bertz CT molecular complexity index is 531. The van der Waals surface area contributed by atoms with Crippen LogP contribution in [0.5, 0.6) is 0 Å². The number of halogens is 3. The molecule has 88 valence electrons. The molecule has 0 heterocycles. The average Bonchev–Trinajstić information content (AvgIpc) is 2.31. The topological polar surface area (TPSA) is 12.0 Å². The van der Waals surface area contributed by atoms with Crippen LogP contribution < -0.4 is 5.32 Å². The zero-order chi connectivity index (χ0) is 12.3. The van der Waals surface area contributed by atoms with E-state index in [0.29, 0.717) is 0 Å². The van der Waals surface area contributed by atoms with E-state index in [1.54, 1.807) is 0 Å². The van der Waals surface area contributed by atoms with Crippen molar-refractivity contribution in [1.82, 2.24) is 0 Å². The summed E-state index contributed by atoms with van der Waals surface area (Å²) >= 11 is 11.8. The highest BCUT2D eigenvalue weighted by atomic mass is 127. The molecule has 0 saturated carbocycles. The van der Waals surface area contributed by atoms with E-state index in [4.69, 9.17) is 11.6 Å². The van der Waals surface area contributed by atoms with Crippen molar-refractivity contribution in [1.29, 1.82) is 0 Å². The van der Waals surface area contributed by atoms with Crippen molar-refractivity contribution in [3.8, 4) is 0 Å². The third kappa shape index (κ3) is 3.60. The number of hydrogen-bond donors (Lipinski definition) is 1. The van der Waals surface area contributed by atoms with Crippen LogP contribution in [0.3, 0.4) is 0 Å². The van der Waals surface area contributed by atoms with Gasteiger partial charge in [-0.2, -0.15) is 0 Å². The van der Waals surface area contributed by atoms with E-state index in [1.807, 2.05) is 18.2 Å². The molecule has 1 nitrogen and oxygen atoms in total. The number of nitrogens with one attached hydrogen (secondary N) is 1. The van der Waals surface area contributed by atoms with Gasteiger partial charge >= 0.3 is 0 Å². The van der Waals surface area contributed by atoms with Crippen molar-refractivity contribution in [2.45, 2.75) is 6.54 Å². The SMILES string of the molecule is Clc1cccc(NCc2cccc(I)c2)c1Br. The maximum Gasteiger partial charge on any atom is 0.0593 e. The third-order valence-electron chi connectivity index (χ3n) is 2.32. The summed E-state index contributed by atoms with van der Waals surface area (Å²) < 4.78 is 2.15. The monoisotopic (exact) mass is 421 g/mol. The summed E-state index contributed by atoms with van der Waals surface area (Å²) in [5.74, 6) is 0. The van der Waals surface area contributed by atoms with Crippen LogP contribution >= 0.6 is 50.1 Å². The number of rotatable bonds is 3. The van der Waals surface area contributed by atoms with Gasteiger partial charge in [0.1, 0.15) is 0 Å². The summed E-state index contributed by atoms with van der Waals surface area (Å²) in [6.45, 7) is 0.787. The molecule has 0 saturated heterocycles. The maximum absolute atomic E-state index is 6.03. The molecule has 2 aromatic carbocycles. The van der Waals surface area contributed by atoms with Gasteiger partial charge < -0.3 is 5.32 Å². The lowest BCUT2D eigenvalue weighted by Crippen LogP contribution is -2.00. The molecule has 4 heteroatoms. The molecule has 0 radical (unpaired) electrons. The zero-order valence-corrected chi connectivity index (χ0v) is 13.4. The van der Waals surface area contributed by atoms with Crippen LogP contribution in [0.4, 0.5) is 5.69 Å². The zero-order valence-electron chi connectivity index (χ0n) is 8.88. The minimum absolute atomic E-state index is 0.720. The Labute approximate surface area is 128 Å². The van der Waals surface area contributed by atoms with Gasteiger partial charge in [-0.1, -0.05) is 29.8 Å². The van der Waals surface area contributed by atoms with Crippen LogP contribution in [0.15, 0.2) is 46.9 Å². The normalized spacial score (nSPS) is 10.3. The fraction of sp³-hybridized carbons (Fsp3) is 0.0769. The minimum atomic E-state index is 0.720. The van der Waals surface area contributed by atoms with Crippen molar-refractivity contribution >= 4 is 55.8 Å². The molecule has 17 heavy (non-hydrogen) atoms. The Morgan fingerprint density at radius 3 is 2.71 bits per heavy atom. The van der Waals surface area contributed by atoms with E-state index < -0.39 is 0 Å². The van der Waals surface area contributed by atoms with E-state index in [9.17, 15) is 0 Å². The highest BCUT2D eigenvalue weighted by Crippen LogP contribution is 2.30. The first-order valence-corrected chi connectivity index (χ1v) is 7.34. The van der Waals surface area contributed by atoms with E-state index in [0.717, 1.165) is 21.7 Å². The lowest BCUT2D eigenvalue weighted by Gasteiger charge is -2.09. The summed E-state index contributed by atoms with van der Waals surface area (Å²) in [4.78, 5) is 0. The molecule has 0 aliphatic carbocycles. The smallest absolute Gasteiger partial charge is 0.0593 e. The van der Waals surface area contributed by atoms with E-state index in [-0.39, 0.29) is 0 Å². The highest BCUT2D eigenvalue weighted by molar-refractivity contribution is 14.1. The predicted octanol–water partition coefficient (Wildman–Crippen LogP) is 5.32. The molecule has 0 aliphatic heterocycles. The number of benzene rings is 2. The van der Waals surface area contributed by atoms with Gasteiger partial charge in [0.05, 0.1) is 15.2 Å². The fourth-order valence-corrected chi connectivity index (χ4v) is 2.67. The second-order valence-electron chi connectivity index (χ2n) is 3.58. The van der Waals surface area contributed by atoms with Gasteiger partial charge in [-0.3, -0.25) is 0 Å². The van der Waals surface area contributed by atoms with Crippen molar-refractivity contribution in [3.63, 3.8) is 0 Å². The van der Waals surface area contributed by atoms with E-state index in [2.05, 4.69) is 68.1 Å². The second-order valence-corrected chi connectivity index (χ2v) is 6.03. The molecule has 0 atom stereocenters. The van der Waals surface area contributed by atoms with Crippen molar-refractivity contribution < 1.29 is 0 Å². The third-order valence-corrected chi connectivity index (χ3v) is 4.39. The molecule has 0 bridgehead atoms. The molecule has 2 rings (SSSR count). The Hall–Kier alpha value is -0.260. The minimum Gasteiger partial charge on any atom is -0.380 e. The van der Waals surface area contributed by atoms with Gasteiger partial charge in [0.15, 0.2) is 0 Å². The summed E-state index contributed by atoms with van der Waals surface area (Å²) in [6, 6.07) is 14.2. The average molecular weight is 422 g/mol. The van der Waals surface area contributed by atoms with Gasteiger partial charge in [0, 0.05) is 10.1 Å². The number of anilines is 1. The molecule has 2 aromatic rings. The van der Waals surface area contributed by atoms with E-state index >= 15 is 0 Å². The quantitative estimate of drug-likeness (QED) is 0.661. The van der Waals surface area contributed by atoms with Gasteiger partial charge in [-0.25, -0.2) is 0 Å². The molecular formula is C13H10BrClIN. The first kappa shape index (κ1) is 13.2. The summed E-state index contributed by atoms with van der Waals surface area (Å²) in [6.07, 6.45) is 0. The Balaban J connectivity index is 2.10. The fourth-order valence-electron chi connectivity index (χ4n) is 1.48. The summed E-state index contributed by atoms with van der Waals surface area (Å²) in [5.41, 5.74) is 2.26. The van der Waals surface area contributed by atoms with Gasteiger partial charge in [-0.15, -0.1) is 0 Å². The predicted molar refractivity (Wildman–Crippen MR) is 85.6 cm³/mol. The van der Waals surface area contributed by atoms with Gasteiger partial charge in [-0.05, 0) is 68.3 Å². The molecule has 0 aliphatic rings. The molecule has 1 N–H and O–H groups in total. The molecule has 0 fully saturated rings. The van der Waals surface area contributed by atoms with Crippen LogP contribution in [-0.4, -0.2) is 0 Å². The van der Waals surface area contributed by atoms with Crippen LogP contribution in [0.25, 0.3) is 0 Å². The Morgan fingerprint density at radius 2 is 1.94 bits per heavy atom.